The first-order chi connectivity index (χ1) is 9.59. The minimum Gasteiger partial charge on any atom is -0.300 e. The molecule has 0 N–H and O–H groups in total. The highest BCUT2D eigenvalue weighted by molar-refractivity contribution is 9.10. The molecule has 0 aromatic heterocycles. The molecule has 3 rings (SSSR count). The number of amides is 1. The molecule has 3 nitrogen and oxygen atoms in total. The number of rotatable bonds is 2. The zero-order valence-corrected chi connectivity index (χ0v) is 11.9. The van der Waals surface area contributed by atoms with Crippen LogP contribution in [0.15, 0.2) is 46.9 Å². The summed E-state index contributed by atoms with van der Waals surface area (Å²) >= 11 is 3.16. The lowest BCUT2D eigenvalue weighted by atomic mass is 10.1. The Labute approximate surface area is 123 Å². The molecule has 0 atom stereocenters. The maximum Gasteiger partial charge on any atom is 0.299 e. The average molecular weight is 334 g/mol. The summed E-state index contributed by atoms with van der Waals surface area (Å²) in [5.41, 5.74) is 1.58. The van der Waals surface area contributed by atoms with Crippen molar-refractivity contribution in [3.63, 3.8) is 0 Å². The van der Waals surface area contributed by atoms with E-state index in [1.54, 1.807) is 36.4 Å². The standard InChI is InChI=1S/C15H9BrFNO2/c16-13-9(4-3-6-11(13)17)8-18-12-7-2-1-5-10(12)14(19)15(18)20/h1-7H,8H2. The number of Topliss-reactive ketones (excluding diaryl/α,β-unsaturated/α-hetero) is 1. The van der Waals surface area contributed by atoms with Crippen LogP contribution in [0.1, 0.15) is 15.9 Å². The number of benzene rings is 2. The molecule has 0 radical (unpaired) electrons. The highest BCUT2D eigenvalue weighted by atomic mass is 79.9. The number of nitrogens with zero attached hydrogens (tertiary/aromatic N) is 1. The maximum atomic E-state index is 13.5. The zero-order chi connectivity index (χ0) is 14.3. The van der Waals surface area contributed by atoms with E-state index in [1.165, 1.54) is 11.0 Å². The van der Waals surface area contributed by atoms with Gasteiger partial charge in [0.05, 0.1) is 22.3 Å². The van der Waals surface area contributed by atoms with Gasteiger partial charge in [0.25, 0.3) is 11.7 Å². The smallest absolute Gasteiger partial charge is 0.299 e. The van der Waals surface area contributed by atoms with Gasteiger partial charge in [0.1, 0.15) is 5.82 Å². The van der Waals surface area contributed by atoms with Crippen LogP contribution >= 0.6 is 15.9 Å². The monoisotopic (exact) mass is 333 g/mol. The van der Waals surface area contributed by atoms with Gasteiger partial charge < -0.3 is 4.90 Å². The number of carbonyl (C=O) groups excluding carboxylic acids is 2. The van der Waals surface area contributed by atoms with Crippen molar-refractivity contribution < 1.29 is 14.0 Å². The van der Waals surface area contributed by atoms with Crippen molar-refractivity contribution in [1.29, 1.82) is 0 Å². The van der Waals surface area contributed by atoms with E-state index in [-0.39, 0.29) is 6.54 Å². The molecule has 2 aromatic rings. The number of fused-ring (bicyclic) bond motifs is 1. The van der Waals surface area contributed by atoms with Gasteiger partial charge in [-0.2, -0.15) is 0 Å². The summed E-state index contributed by atoms with van der Waals surface area (Å²) in [6, 6.07) is 11.4. The Kier molecular flexibility index (Phi) is 3.14. The number of hydrogen-bond donors (Lipinski definition) is 0. The largest absolute Gasteiger partial charge is 0.300 e. The summed E-state index contributed by atoms with van der Waals surface area (Å²) in [5, 5.41) is 0. The Morgan fingerprint density at radius 1 is 1.05 bits per heavy atom. The van der Waals surface area contributed by atoms with Gasteiger partial charge in [-0.25, -0.2) is 4.39 Å². The van der Waals surface area contributed by atoms with E-state index in [1.807, 2.05) is 0 Å². The second-order valence-corrected chi connectivity index (χ2v) is 5.24. The molecule has 100 valence electrons. The first kappa shape index (κ1) is 13.0. The van der Waals surface area contributed by atoms with Crippen LogP contribution in [0, 0.1) is 5.82 Å². The van der Waals surface area contributed by atoms with Gasteiger partial charge >= 0.3 is 0 Å². The first-order valence-corrected chi connectivity index (χ1v) is 6.77. The van der Waals surface area contributed by atoms with Crippen LogP contribution in [0.4, 0.5) is 10.1 Å². The number of ketones is 1. The summed E-state index contributed by atoms with van der Waals surface area (Å²) in [5.74, 6) is -1.50. The van der Waals surface area contributed by atoms with Crippen LogP contribution in [-0.2, 0) is 11.3 Å². The van der Waals surface area contributed by atoms with Crippen LogP contribution in [-0.4, -0.2) is 11.7 Å². The molecule has 0 saturated heterocycles. The third-order valence-corrected chi connectivity index (χ3v) is 4.13. The normalized spacial score (nSPS) is 13.8. The summed E-state index contributed by atoms with van der Waals surface area (Å²) in [6.45, 7) is 0.153. The summed E-state index contributed by atoms with van der Waals surface area (Å²) in [7, 11) is 0. The van der Waals surface area contributed by atoms with Crippen molar-refractivity contribution in [3.05, 3.63) is 63.9 Å². The Hall–Kier alpha value is -2.01. The van der Waals surface area contributed by atoms with Gasteiger partial charge in [0.2, 0.25) is 0 Å². The van der Waals surface area contributed by atoms with Crippen LogP contribution in [0.5, 0.6) is 0 Å². The lowest BCUT2D eigenvalue weighted by molar-refractivity contribution is -0.114. The molecule has 20 heavy (non-hydrogen) atoms. The van der Waals surface area contributed by atoms with E-state index in [0.29, 0.717) is 21.3 Å². The Morgan fingerprint density at radius 2 is 1.80 bits per heavy atom. The number of anilines is 1. The first-order valence-electron chi connectivity index (χ1n) is 5.97. The molecule has 1 heterocycles. The highest BCUT2D eigenvalue weighted by Crippen LogP contribution is 2.31. The highest BCUT2D eigenvalue weighted by Gasteiger charge is 2.35. The van der Waals surface area contributed by atoms with Gasteiger partial charge in [-0.05, 0) is 39.7 Å². The van der Waals surface area contributed by atoms with Gasteiger partial charge in [-0.3, -0.25) is 9.59 Å². The number of carbonyl (C=O) groups is 2. The molecular formula is C15H9BrFNO2. The molecule has 0 saturated carbocycles. The Bertz CT molecular complexity index is 730. The van der Waals surface area contributed by atoms with E-state index in [9.17, 15) is 14.0 Å². The van der Waals surface area contributed by atoms with Crippen LogP contribution in [0.2, 0.25) is 0 Å². The molecule has 1 amide bonds. The van der Waals surface area contributed by atoms with Crippen LogP contribution in [0.3, 0.4) is 0 Å². The number of hydrogen-bond acceptors (Lipinski definition) is 2. The van der Waals surface area contributed by atoms with E-state index < -0.39 is 17.5 Å². The van der Waals surface area contributed by atoms with Gasteiger partial charge in [-0.15, -0.1) is 0 Å². The molecule has 0 aliphatic carbocycles. The predicted molar refractivity (Wildman–Crippen MR) is 76.1 cm³/mol. The van der Waals surface area contributed by atoms with E-state index >= 15 is 0 Å². The fourth-order valence-corrected chi connectivity index (χ4v) is 2.64. The number of para-hydroxylation sites is 1. The second-order valence-electron chi connectivity index (χ2n) is 4.45. The quantitative estimate of drug-likeness (QED) is 0.790. The molecule has 2 aromatic carbocycles. The van der Waals surface area contributed by atoms with Gasteiger partial charge in [-0.1, -0.05) is 24.3 Å². The molecule has 1 aliphatic heterocycles. The fourth-order valence-electron chi connectivity index (χ4n) is 2.25. The lowest BCUT2D eigenvalue weighted by Crippen LogP contribution is -2.29. The van der Waals surface area contributed by atoms with Crippen molar-refractivity contribution in [2.45, 2.75) is 6.54 Å². The molecule has 0 bridgehead atoms. The van der Waals surface area contributed by atoms with Crippen LogP contribution in [0.25, 0.3) is 0 Å². The number of halogens is 2. The Morgan fingerprint density at radius 3 is 2.60 bits per heavy atom. The maximum absolute atomic E-state index is 13.5. The summed E-state index contributed by atoms with van der Waals surface area (Å²) in [4.78, 5) is 25.3. The molecule has 0 fully saturated rings. The second kappa shape index (κ2) is 4.83. The molecule has 0 spiro atoms. The van der Waals surface area contributed by atoms with E-state index in [0.717, 1.165) is 0 Å². The minimum atomic E-state index is -0.581. The lowest BCUT2D eigenvalue weighted by Gasteiger charge is -2.17. The molecule has 5 heteroatoms. The minimum absolute atomic E-state index is 0.153. The third kappa shape index (κ3) is 1.94. The van der Waals surface area contributed by atoms with E-state index in [4.69, 9.17) is 0 Å². The van der Waals surface area contributed by atoms with Crippen LogP contribution < -0.4 is 4.90 Å². The fraction of sp³-hybridized carbons (Fsp3) is 0.0667. The molecule has 0 unspecified atom stereocenters. The van der Waals surface area contributed by atoms with Gasteiger partial charge in [0.15, 0.2) is 0 Å². The summed E-state index contributed by atoms with van der Waals surface area (Å²) < 4.78 is 13.8. The summed E-state index contributed by atoms with van der Waals surface area (Å²) in [6.07, 6.45) is 0. The van der Waals surface area contributed by atoms with Crippen molar-refractivity contribution in [2.75, 3.05) is 4.90 Å². The SMILES string of the molecule is O=C1C(=O)N(Cc2cccc(F)c2Br)c2ccccc21. The zero-order valence-electron chi connectivity index (χ0n) is 10.3. The van der Waals surface area contributed by atoms with Crippen molar-refractivity contribution in [1.82, 2.24) is 0 Å². The van der Waals surface area contributed by atoms with Crippen molar-refractivity contribution in [2.24, 2.45) is 0 Å². The van der Waals surface area contributed by atoms with E-state index in [2.05, 4.69) is 15.9 Å². The van der Waals surface area contributed by atoms with Gasteiger partial charge in [0, 0.05) is 0 Å². The predicted octanol–water partition coefficient (Wildman–Crippen LogP) is 3.32. The van der Waals surface area contributed by atoms with Crippen molar-refractivity contribution in [3.8, 4) is 0 Å². The van der Waals surface area contributed by atoms with Crippen molar-refractivity contribution >= 4 is 33.3 Å². The molecular weight excluding hydrogens is 325 g/mol. The Balaban J connectivity index is 2.01. The third-order valence-electron chi connectivity index (χ3n) is 3.24. The average Bonchev–Trinajstić information content (AvgIpc) is 2.69. The topological polar surface area (TPSA) is 37.4 Å². The molecule has 1 aliphatic rings.